The van der Waals surface area contributed by atoms with E-state index in [0.29, 0.717) is 18.0 Å². The van der Waals surface area contributed by atoms with Gasteiger partial charge in [-0.15, -0.1) is 0 Å². The van der Waals surface area contributed by atoms with Crippen LogP contribution in [-0.4, -0.2) is 22.1 Å². The Bertz CT molecular complexity index is 566. The van der Waals surface area contributed by atoms with Gasteiger partial charge in [0.15, 0.2) is 0 Å². The van der Waals surface area contributed by atoms with Crippen LogP contribution in [0.5, 0.6) is 0 Å². The van der Waals surface area contributed by atoms with Crippen LogP contribution in [-0.2, 0) is 0 Å². The molecule has 112 valence electrons. The monoisotopic (exact) mass is 284 g/mol. The van der Waals surface area contributed by atoms with Crippen molar-refractivity contribution in [3.05, 3.63) is 36.4 Å². The second-order valence-electron chi connectivity index (χ2n) is 5.58. The van der Waals surface area contributed by atoms with Gasteiger partial charge < -0.3 is 10.6 Å². The van der Waals surface area contributed by atoms with Crippen molar-refractivity contribution in [3.8, 4) is 11.3 Å². The molecule has 0 radical (unpaired) electrons. The minimum Gasteiger partial charge on any atom is -0.367 e. The minimum absolute atomic E-state index is 0.299. The van der Waals surface area contributed by atoms with Gasteiger partial charge in [0.1, 0.15) is 5.82 Å². The molecule has 2 N–H and O–H groups in total. The van der Waals surface area contributed by atoms with Crippen LogP contribution >= 0.6 is 0 Å². The molecule has 0 bridgehead atoms. The van der Waals surface area contributed by atoms with E-state index in [1.54, 1.807) is 0 Å². The molecule has 21 heavy (non-hydrogen) atoms. The first-order chi connectivity index (χ1) is 10.1. The van der Waals surface area contributed by atoms with Crippen molar-refractivity contribution in [2.75, 3.05) is 10.6 Å². The largest absolute Gasteiger partial charge is 0.367 e. The summed E-state index contributed by atoms with van der Waals surface area (Å²) in [5.41, 5.74) is 2.03. The number of benzene rings is 1. The fraction of sp³-hybridized carbons (Fsp3) is 0.412. The molecular formula is C17H24N4. The molecule has 0 aliphatic heterocycles. The van der Waals surface area contributed by atoms with Crippen LogP contribution in [0.1, 0.15) is 34.1 Å². The summed E-state index contributed by atoms with van der Waals surface area (Å²) in [6.45, 7) is 8.48. The lowest BCUT2D eigenvalue weighted by molar-refractivity contribution is 0.758. The predicted molar refractivity (Wildman–Crippen MR) is 89.6 cm³/mol. The number of hydrogen-bond donors (Lipinski definition) is 2. The van der Waals surface area contributed by atoms with Crippen LogP contribution in [0.15, 0.2) is 36.4 Å². The molecule has 2 aromatic rings. The Morgan fingerprint density at radius 2 is 1.71 bits per heavy atom. The normalized spacial score (nSPS) is 12.2. The van der Waals surface area contributed by atoms with E-state index < -0.39 is 0 Å². The molecule has 0 amide bonds. The van der Waals surface area contributed by atoms with E-state index in [0.717, 1.165) is 23.5 Å². The molecule has 1 atom stereocenters. The second kappa shape index (κ2) is 7.07. The zero-order valence-electron chi connectivity index (χ0n) is 13.2. The summed E-state index contributed by atoms with van der Waals surface area (Å²) < 4.78 is 0. The molecule has 0 saturated heterocycles. The van der Waals surface area contributed by atoms with Crippen molar-refractivity contribution in [1.29, 1.82) is 0 Å². The van der Waals surface area contributed by atoms with Gasteiger partial charge in [-0.25, -0.2) is 4.98 Å². The van der Waals surface area contributed by atoms with Gasteiger partial charge in [0.25, 0.3) is 0 Å². The maximum absolute atomic E-state index is 4.61. The Labute approximate surface area is 127 Å². The summed E-state index contributed by atoms with van der Waals surface area (Å²) in [4.78, 5) is 9.17. The summed E-state index contributed by atoms with van der Waals surface area (Å²) >= 11 is 0. The fourth-order valence-corrected chi connectivity index (χ4v) is 1.96. The Kier molecular flexibility index (Phi) is 5.14. The third kappa shape index (κ3) is 4.45. The molecule has 0 saturated carbocycles. The smallest absolute Gasteiger partial charge is 0.225 e. The summed E-state index contributed by atoms with van der Waals surface area (Å²) in [7, 11) is 0. The van der Waals surface area contributed by atoms with E-state index in [1.165, 1.54) is 0 Å². The molecule has 1 aromatic carbocycles. The number of aromatic nitrogens is 2. The maximum atomic E-state index is 4.61. The standard InChI is InChI=1S/C17H24N4/c1-5-13(4)19-16-11-15(14-9-7-6-8-10-14)20-17(21-16)18-12(2)3/h6-13H,5H2,1-4H3,(H2,18,19,20,21). The molecule has 1 heterocycles. The highest BCUT2D eigenvalue weighted by Gasteiger charge is 2.09. The lowest BCUT2D eigenvalue weighted by atomic mass is 10.1. The SMILES string of the molecule is CCC(C)Nc1cc(-c2ccccc2)nc(NC(C)C)n1. The highest BCUT2D eigenvalue weighted by molar-refractivity contribution is 5.64. The van der Waals surface area contributed by atoms with E-state index in [4.69, 9.17) is 0 Å². The van der Waals surface area contributed by atoms with Crippen molar-refractivity contribution < 1.29 is 0 Å². The van der Waals surface area contributed by atoms with Crippen LogP contribution in [0.25, 0.3) is 11.3 Å². The van der Waals surface area contributed by atoms with Crippen molar-refractivity contribution in [3.63, 3.8) is 0 Å². The lowest BCUT2D eigenvalue weighted by Crippen LogP contribution is -2.17. The minimum atomic E-state index is 0.299. The third-order valence-corrected chi connectivity index (χ3v) is 3.22. The van der Waals surface area contributed by atoms with Crippen molar-refractivity contribution in [1.82, 2.24) is 9.97 Å². The molecular weight excluding hydrogens is 260 g/mol. The topological polar surface area (TPSA) is 49.8 Å². The molecule has 0 spiro atoms. The molecule has 0 aliphatic rings. The van der Waals surface area contributed by atoms with Crippen LogP contribution in [0.3, 0.4) is 0 Å². The van der Waals surface area contributed by atoms with Gasteiger partial charge in [0.05, 0.1) is 5.69 Å². The molecule has 1 unspecified atom stereocenters. The van der Waals surface area contributed by atoms with Gasteiger partial charge in [-0.1, -0.05) is 37.3 Å². The number of rotatable bonds is 6. The summed E-state index contributed by atoms with van der Waals surface area (Å²) in [6, 6.07) is 12.9. The number of anilines is 2. The van der Waals surface area contributed by atoms with E-state index >= 15 is 0 Å². The zero-order valence-corrected chi connectivity index (χ0v) is 13.2. The Balaban J connectivity index is 2.37. The summed E-state index contributed by atoms with van der Waals surface area (Å²) in [5.74, 6) is 1.53. The van der Waals surface area contributed by atoms with Crippen LogP contribution in [0.4, 0.5) is 11.8 Å². The molecule has 4 heteroatoms. The molecule has 0 fully saturated rings. The van der Waals surface area contributed by atoms with Crippen LogP contribution in [0, 0.1) is 0 Å². The van der Waals surface area contributed by atoms with Gasteiger partial charge in [0, 0.05) is 23.7 Å². The molecule has 4 nitrogen and oxygen atoms in total. The average Bonchev–Trinajstić information content (AvgIpc) is 2.47. The van der Waals surface area contributed by atoms with Crippen molar-refractivity contribution in [2.24, 2.45) is 0 Å². The first-order valence-electron chi connectivity index (χ1n) is 7.56. The van der Waals surface area contributed by atoms with E-state index in [2.05, 4.69) is 60.4 Å². The average molecular weight is 284 g/mol. The van der Waals surface area contributed by atoms with E-state index in [-0.39, 0.29) is 0 Å². The second-order valence-corrected chi connectivity index (χ2v) is 5.58. The van der Waals surface area contributed by atoms with E-state index in [9.17, 15) is 0 Å². The fourth-order valence-electron chi connectivity index (χ4n) is 1.96. The predicted octanol–water partition coefficient (Wildman–Crippen LogP) is 4.17. The van der Waals surface area contributed by atoms with Gasteiger partial charge in [0.2, 0.25) is 5.95 Å². The van der Waals surface area contributed by atoms with Crippen molar-refractivity contribution >= 4 is 11.8 Å². The first-order valence-corrected chi connectivity index (χ1v) is 7.56. The van der Waals surface area contributed by atoms with Crippen molar-refractivity contribution in [2.45, 2.75) is 46.2 Å². The van der Waals surface area contributed by atoms with E-state index in [1.807, 2.05) is 24.3 Å². The third-order valence-electron chi connectivity index (χ3n) is 3.22. The highest BCUT2D eigenvalue weighted by atomic mass is 15.2. The molecule has 2 rings (SSSR count). The van der Waals surface area contributed by atoms with Gasteiger partial charge in [-0.2, -0.15) is 4.98 Å². The molecule has 1 aromatic heterocycles. The maximum Gasteiger partial charge on any atom is 0.225 e. The van der Waals surface area contributed by atoms with Gasteiger partial charge >= 0.3 is 0 Å². The Morgan fingerprint density at radius 3 is 2.33 bits per heavy atom. The quantitative estimate of drug-likeness (QED) is 0.835. The number of nitrogens with one attached hydrogen (secondary N) is 2. The Morgan fingerprint density at radius 1 is 1.00 bits per heavy atom. The van der Waals surface area contributed by atoms with Crippen LogP contribution < -0.4 is 10.6 Å². The molecule has 0 aliphatic carbocycles. The highest BCUT2D eigenvalue weighted by Crippen LogP contribution is 2.22. The number of hydrogen-bond acceptors (Lipinski definition) is 4. The van der Waals surface area contributed by atoms with Gasteiger partial charge in [-0.3, -0.25) is 0 Å². The first kappa shape index (κ1) is 15.3. The summed E-state index contributed by atoms with van der Waals surface area (Å²) in [5, 5.41) is 6.71. The lowest BCUT2D eigenvalue weighted by Gasteiger charge is -2.16. The zero-order chi connectivity index (χ0) is 15.2. The van der Waals surface area contributed by atoms with Gasteiger partial charge in [-0.05, 0) is 27.2 Å². The Hall–Kier alpha value is -2.10. The van der Waals surface area contributed by atoms with Crippen LogP contribution in [0.2, 0.25) is 0 Å². The summed E-state index contributed by atoms with van der Waals surface area (Å²) in [6.07, 6.45) is 1.05. The number of nitrogens with zero attached hydrogens (tertiary/aromatic N) is 2.